The molecule has 3 aromatic heterocycles. The minimum absolute atomic E-state index is 0.00336. The van der Waals surface area contributed by atoms with Crippen LogP contribution >= 0.6 is 34.3 Å². The van der Waals surface area contributed by atoms with Crippen molar-refractivity contribution >= 4 is 44.5 Å². The fourth-order valence-corrected chi connectivity index (χ4v) is 3.87. The number of aromatic nitrogens is 3. The Morgan fingerprint density at radius 3 is 2.79 bits per heavy atom. The molecule has 0 spiro atoms. The van der Waals surface area contributed by atoms with Gasteiger partial charge in [0, 0.05) is 16.0 Å². The van der Waals surface area contributed by atoms with Crippen LogP contribution < -0.4 is 5.56 Å². The summed E-state index contributed by atoms with van der Waals surface area (Å²) in [5, 5.41) is 0.723. The fourth-order valence-electron chi connectivity index (χ4n) is 1.91. The molecule has 3 aromatic rings. The maximum Gasteiger partial charge on any atom is 0.262 e. The molecular formula is C12H10ClN3OS2. The molecule has 0 fully saturated rings. The van der Waals surface area contributed by atoms with Crippen LogP contribution in [0.5, 0.6) is 0 Å². The quantitative estimate of drug-likeness (QED) is 0.730. The second kappa shape index (κ2) is 4.70. The van der Waals surface area contributed by atoms with Gasteiger partial charge in [-0.1, -0.05) is 11.6 Å². The SMILES string of the molecule is Cc1sc2ncn(Cc3cnc(Cl)s3)c(=O)c2c1C. The number of nitrogens with zero attached hydrogens (tertiary/aromatic N) is 3. The lowest BCUT2D eigenvalue weighted by molar-refractivity contribution is 0.757. The van der Waals surface area contributed by atoms with Crippen LogP contribution in [0.2, 0.25) is 4.47 Å². The second-order valence-corrected chi connectivity index (χ2v) is 7.12. The van der Waals surface area contributed by atoms with Crippen LogP contribution in [-0.2, 0) is 6.54 Å². The first-order valence-electron chi connectivity index (χ1n) is 5.61. The van der Waals surface area contributed by atoms with Crippen molar-refractivity contribution in [3.63, 3.8) is 0 Å². The first-order valence-corrected chi connectivity index (χ1v) is 7.62. The number of hydrogen-bond donors (Lipinski definition) is 0. The Morgan fingerprint density at radius 2 is 2.11 bits per heavy atom. The van der Waals surface area contributed by atoms with Crippen molar-refractivity contribution in [1.82, 2.24) is 14.5 Å². The number of hydrogen-bond acceptors (Lipinski definition) is 5. The molecule has 3 rings (SSSR count). The minimum atomic E-state index is -0.00336. The van der Waals surface area contributed by atoms with Crippen molar-refractivity contribution < 1.29 is 0 Å². The summed E-state index contributed by atoms with van der Waals surface area (Å²) in [5.41, 5.74) is 1.02. The van der Waals surface area contributed by atoms with E-state index in [0.717, 1.165) is 25.5 Å². The molecule has 0 bridgehead atoms. The topological polar surface area (TPSA) is 47.8 Å². The van der Waals surface area contributed by atoms with Gasteiger partial charge in [0.25, 0.3) is 5.56 Å². The average molecular weight is 312 g/mol. The Bertz CT molecular complexity index is 818. The molecule has 3 heterocycles. The van der Waals surface area contributed by atoms with E-state index in [1.807, 2.05) is 13.8 Å². The molecule has 0 unspecified atom stereocenters. The third-order valence-electron chi connectivity index (χ3n) is 3.01. The summed E-state index contributed by atoms with van der Waals surface area (Å²) < 4.78 is 2.09. The van der Waals surface area contributed by atoms with E-state index in [-0.39, 0.29) is 5.56 Å². The normalized spacial score (nSPS) is 11.3. The molecule has 0 aliphatic rings. The summed E-state index contributed by atoms with van der Waals surface area (Å²) in [4.78, 5) is 23.7. The molecule has 98 valence electrons. The Labute approximate surface area is 122 Å². The van der Waals surface area contributed by atoms with Gasteiger partial charge in [0.15, 0.2) is 4.47 Å². The summed E-state index contributed by atoms with van der Waals surface area (Å²) in [6.45, 7) is 4.43. The third-order valence-corrected chi connectivity index (χ3v) is 5.22. The van der Waals surface area contributed by atoms with Gasteiger partial charge in [0.2, 0.25) is 0 Å². The zero-order valence-corrected chi connectivity index (χ0v) is 12.7. The highest BCUT2D eigenvalue weighted by molar-refractivity contribution is 7.18. The Morgan fingerprint density at radius 1 is 1.32 bits per heavy atom. The summed E-state index contributed by atoms with van der Waals surface area (Å²) >= 11 is 8.73. The van der Waals surface area contributed by atoms with E-state index >= 15 is 0 Å². The van der Waals surface area contributed by atoms with E-state index in [0.29, 0.717) is 11.0 Å². The number of thiazole rings is 1. The molecule has 0 aromatic carbocycles. The molecule has 4 nitrogen and oxygen atoms in total. The molecule has 7 heteroatoms. The van der Waals surface area contributed by atoms with Gasteiger partial charge in [0.1, 0.15) is 4.83 Å². The molecule has 0 aliphatic carbocycles. The number of thiophene rings is 1. The fraction of sp³-hybridized carbons (Fsp3) is 0.250. The van der Waals surface area contributed by atoms with Gasteiger partial charge in [-0.3, -0.25) is 9.36 Å². The number of fused-ring (bicyclic) bond motifs is 1. The first kappa shape index (κ1) is 12.8. The van der Waals surface area contributed by atoms with Crippen LogP contribution in [0.1, 0.15) is 15.3 Å². The predicted molar refractivity (Wildman–Crippen MR) is 79.6 cm³/mol. The molecule has 0 N–H and O–H groups in total. The van der Waals surface area contributed by atoms with Crippen LogP contribution in [-0.4, -0.2) is 14.5 Å². The van der Waals surface area contributed by atoms with Crippen LogP contribution in [0.3, 0.4) is 0 Å². The van der Waals surface area contributed by atoms with Crippen LogP contribution in [0.15, 0.2) is 17.3 Å². The van der Waals surface area contributed by atoms with Crippen molar-refractivity contribution in [3.05, 3.63) is 42.7 Å². The van der Waals surface area contributed by atoms with Gasteiger partial charge in [-0.15, -0.1) is 22.7 Å². The van der Waals surface area contributed by atoms with E-state index in [1.54, 1.807) is 28.4 Å². The highest BCUT2D eigenvalue weighted by Gasteiger charge is 2.12. The molecule has 0 saturated carbocycles. The Kier molecular flexibility index (Phi) is 3.16. The van der Waals surface area contributed by atoms with Crippen molar-refractivity contribution in [2.45, 2.75) is 20.4 Å². The number of rotatable bonds is 2. The van der Waals surface area contributed by atoms with Crippen LogP contribution in [0, 0.1) is 13.8 Å². The maximum atomic E-state index is 12.5. The lowest BCUT2D eigenvalue weighted by atomic mass is 10.2. The highest BCUT2D eigenvalue weighted by Crippen LogP contribution is 2.25. The second-order valence-electron chi connectivity index (χ2n) is 4.22. The van der Waals surface area contributed by atoms with Gasteiger partial charge >= 0.3 is 0 Å². The zero-order valence-electron chi connectivity index (χ0n) is 10.3. The zero-order chi connectivity index (χ0) is 13.6. The lowest BCUT2D eigenvalue weighted by Crippen LogP contribution is -2.20. The molecular weight excluding hydrogens is 302 g/mol. The van der Waals surface area contributed by atoms with Crippen molar-refractivity contribution in [3.8, 4) is 0 Å². The summed E-state index contributed by atoms with van der Waals surface area (Å²) in [6.07, 6.45) is 3.28. The third kappa shape index (κ3) is 2.20. The van der Waals surface area contributed by atoms with Gasteiger partial charge in [0.05, 0.1) is 18.3 Å². The van der Waals surface area contributed by atoms with E-state index in [2.05, 4.69) is 9.97 Å². The van der Waals surface area contributed by atoms with Crippen molar-refractivity contribution in [1.29, 1.82) is 0 Å². The highest BCUT2D eigenvalue weighted by atomic mass is 35.5. The molecule has 0 saturated heterocycles. The molecule has 0 aliphatic heterocycles. The molecule has 0 amide bonds. The van der Waals surface area contributed by atoms with Gasteiger partial charge in [-0.25, -0.2) is 9.97 Å². The smallest absolute Gasteiger partial charge is 0.262 e. The van der Waals surface area contributed by atoms with E-state index in [9.17, 15) is 4.79 Å². The largest absolute Gasteiger partial charge is 0.293 e. The molecule has 19 heavy (non-hydrogen) atoms. The van der Waals surface area contributed by atoms with Crippen LogP contribution in [0.25, 0.3) is 10.2 Å². The van der Waals surface area contributed by atoms with E-state index in [1.165, 1.54) is 11.3 Å². The number of halogens is 1. The van der Waals surface area contributed by atoms with Gasteiger partial charge in [-0.05, 0) is 19.4 Å². The van der Waals surface area contributed by atoms with Gasteiger partial charge < -0.3 is 0 Å². The van der Waals surface area contributed by atoms with Gasteiger partial charge in [-0.2, -0.15) is 0 Å². The lowest BCUT2D eigenvalue weighted by Gasteiger charge is -2.02. The average Bonchev–Trinajstić information content (AvgIpc) is 2.89. The maximum absolute atomic E-state index is 12.5. The van der Waals surface area contributed by atoms with E-state index in [4.69, 9.17) is 11.6 Å². The summed E-state index contributed by atoms with van der Waals surface area (Å²) in [5.74, 6) is 0. The van der Waals surface area contributed by atoms with E-state index < -0.39 is 0 Å². The summed E-state index contributed by atoms with van der Waals surface area (Å²) in [7, 11) is 0. The molecule has 0 atom stereocenters. The van der Waals surface area contributed by atoms with Crippen molar-refractivity contribution in [2.75, 3.05) is 0 Å². The Balaban J connectivity index is 2.12. The number of aryl methyl sites for hydroxylation is 2. The minimum Gasteiger partial charge on any atom is -0.293 e. The first-order chi connectivity index (χ1) is 9.06. The predicted octanol–water partition coefficient (Wildman–Crippen LogP) is 3.23. The van der Waals surface area contributed by atoms with Crippen LogP contribution in [0.4, 0.5) is 0 Å². The monoisotopic (exact) mass is 311 g/mol. The summed E-state index contributed by atoms with van der Waals surface area (Å²) in [6, 6.07) is 0. The molecule has 0 radical (unpaired) electrons. The standard InChI is InChI=1S/C12H10ClN3OS2/c1-6-7(2)18-10-9(6)11(17)16(5-15-10)4-8-3-14-12(13)19-8/h3,5H,4H2,1-2H3. The Hall–Kier alpha value is -1.24. The van der Waals surface area contributed by atoms with Crippen molar-refractivity contribution in [2.24, 2.45) is 0 Å².